The first-order valence-electron chi connectivity index (χ1n) is 10.3. The van der Waals surface area contributed by atoms with Crippen molar-refractivity contribution in [2.75, 3.05) is 13.7 Å². The van der Waals surface area contributed by atoms with E-state index in [0.717, 1.165) is 33.5 Å². The van der Waals surface area contributed by atoms with Crippen molar-refractivity contribution >= 4 is 23.0 Å². The number of hydrazone groups is 1. The number of nitrogens with one attached hydrogen (secondary N) is 1. The number of ether oxygens (including phenoxy) is 2. The highest BCUT2D eigenvalue weighted by atomic mass is 16.5. The predicted octanol–water partition coefficient (Wildman–Crippen LogP) is 5.07. The molecule has 0 radical (unpaired) electrons. The van der Waals surface area contributed by atoms with Crippen LogP contribution >= 0.6 is 0 Å². The lowest BCUT2D eigenvalue weighted by Gasteiger charge is -2.10. The molecule has 0 saturated heterocycles. The van der Waals surface area contributed by atoms with Crippen LogP contribution in [0.1, 0.15) is 22.8 Å². The van der Waals surface area contributed by atoms with E-state index in [4.69, 9.17) is 14.5 Å². The zero-order valence-corrected chi connectivity index (χ0v) is 17.9. The average Bonchev–Trinajstić information content (AvgIpc) is 2.84. The molecule has 0 aliphatic rings. The van der Waals surface area contributed by atoms with Gasteiger partial charge < -0.3 is 9.47 Å². The number of methoxy groups -OCH3 is 1. The van der Waals surface area contributed by atoms with Gasteiger partial charge in [-0.25, -0.2) is 10.4 Å². The summed E-state index contributed by atoms with van der Waals surface area (Å²) in [5.74, 6) is 1.21. The van der Waals surface area contributed by atoms with Crippen molar-refractivity contribution in [2.45, 2.75) is 6.92 Å². The van der Waals surface area contributed by atoms with Gasteiger partial charge in [-0.1, -0.05) is 30.3 Å². The van der Waals surface area contributed by atoms with E-state index in [-0.39, 0.29) is 5.91 Å². The number of hydrogen-bond acceptors (Lipinski definition) is 5. The maximum Gasteiger partial charge on any atom is 0.272 e. The number of para-hydroxylation sites is 1. The monoisotopic (exact) mass is 425 g/mol. The van der Waals surface area contributed by atoms with Crippen LogP contribution < -0.4 is 14.9 Å². The van der Waals surface area contributed by atoms with Crippen molar-refractivity contribution in [1.29, 1.82) is 0 Å². The van der Waals surface area contributed by atoms with Crippen molar-refractivity contribution in [3.8, 4) is 22.8 Å². The zero-order chi connectivity index (χ0) is 22.3. The van der Waals surface area contributed by atoms with E-state index >= 15 is 0 Å². The van der Waals surface area contributed by atoms with E-state index in [9.17, 15) is 4.79 Å². The second-order valence-electron chi connectivity index (χ2n) is 7.01. The normalized spacial score (nSPS) is 10.9. The van der Waals surface area contributed by atoms with Gasteiger partial charge in [0, 0.05) is 10.9 Å². The van der Waals surface area contributed by atoms with E-state index in [1.54, 1.807) is 19.4 Å². The number of amides is 1. The molecule has 6 heteroatoms. The number of hydrogen-bond donors (Lipinski definition) is 1. The summed E-state index contributed by atoms with van der Waals surface area (Å²) in [5, 5.41) is 4.88. The molecule has 6 nitrogen and oxygen atoms in total. The standard InChI is InChI=1S/C26H23N3O3/c1-3-32-20-13-11-18(12-14-20)17-27-29-26(30)23-16-25(19-7-6-8-21(15-19)31-2)28-24-10-5-4-9-22(23)24/h4-17H,3H2,1-2H3,(H,29,30)/b27-17+. The molecule has 1 aromatic heterocycles. The number of rotatable bonds is 7. The van der Waals surface area contributed by atoms with E-state index in [2.05, 4.69) is 10.5 Å². The third-order valence-corrected chi connectivity index (χ3v) is 4.90. The summed E-state index contributed by atoms with van der Waals surface area (Å²) in [6, 6.07) is 24.4. The Bertz CT molecular complexity index is 1270. The second kappa shape index (κ2) is 9.75. The molecule has 4 aromatic rings. The van der Waals surface area contributed by atoms with Crippen molar-refractivity contribution < 1.29 is 14.3 Å². The molecular formula is C26H23N3O3. The summed E-state index contributed by atoms with van der Waals surface area (Å²) in [4.78, 5) is 17.7. The first-order valence-corrected chi connectivity index (χ1v) is 10.3. The fraction of sp³-hybridized carbons (Fsp3) is 0.115. The minimum atomic E-state index is -0.310. The molecule has 0 spiro atoms. The van der Waals surface area contributed by atoms with Crippen molar-refractivity contribution in [1.82, 2.24) is 10.4 Å². The van der Waals surface area contributed by atoms with Crippen LogP contribution in [0.4, 0.5) is 0 Å². The lowest BCUT2D eigenvalue weighted by Crippen LogP contribution is -2.18. The van der Waals surface area contributed by atoms with E-state index < -0.39 is 0 Å². The topological polar surface area (TPSA) is 72.8 Å². The molecule has 32 heavy (non-hydrogen) atoms. The van der Waals surface area contributed by atoms with Crippen molar-refractivity contribution in [3.05, 3.63) is 90.0 Å². The Labute approximate surface area is 186 Å². The largest absolute Gasteiger partial charge is 0.497 e. The third kappa shape index (κ3) is 4.75. The average molecular weight is 425 g/mol. The van der Waals surface area contributed by atoms with Crippen molar-refractivity contribution in [3.63, 3.8) is 0 Å². The van der Waals surface area contributed by atoms with Crippen molar-refractivity contribution in [2.24, 2.45) is 5.10 Å². The molecule has 1 heterocycles. The predicted molar refractivity (Wildman–Crippen MR) is 126 cm³/mol. The maximum atomic E-state index is 13.0. The highest BCUT2D eigenvalue weighted by molar-refractivity contribution is 6.07. The Morgan fingerprint density at radius 1 is 1.00 bits per heavy atom. The van der Waals surface area contributed by atoms with E-state index in [1.807, 2.05) is 79.7 Å². The Hall–Kier alpha value is -4.19. The fourth-order valence-corrected chi connectivity index (χ4v) is 3.34. The summed E-state index contributed by atoms with van der Waals surface area (Å²) in [7, 11) is 1.62. The number of carbonyl (C=O) groups is 1. The summed E-state index contributed by atoms with van der Waals surface area (Å²) in [6.45, 7) is 2.55. The van der Waals surface area contributed by atoms with Gasteiger partial charge >= 0.3 is 0 Å². The highest BCUT2D eigenvalue weighted by Crippen LogP contribution is 2.27. The van der Waals surface area contributed by atoms with Gasteiger partial charge in [-0.2, -0.15) is 5.10 Å². The summed E-state index contributed by atoms with van der Waals surface area (Å²) < 4.78 is 10.8. The molecule has 0 fully saturated rings. The van der Waals surface area contributed by atoms with Crippen LogP contribution in [0, 0.1) is 0 Å². The minimum Gasteiger partial charge on any atom is -0.497 e. The van der Waals surface area contributed by atoms with Gasteiger partial charge in [0.2, 0.25) is 0 Å². The molecule has 4 rings (SSSR count). The van der Waals surface area contributed by atoms with Crippen LogP contribution in [0.15, 0.2) is 84.0 Å². The van der Waals surface area contributed by atoms with Gasteiger partial charge in [0.05, 0.1) is 36.7 Å². The highest BCUT2D eigenvalue weighted by Gasteiger charge is 2.14. The Morgan fingerprint density at radius 3 is 2.59 bits per heavy atom. The molecule has 0 aliphatic heterocycles. The first kappa shape index (κ1) is 21.1. The van der Waals surface area contributed by atoms with Gasteiger partial charge in [-0.15, -0.1) is 0 Å². The van der Waals surface area contributed by atoms with Gasteiger partial charge in [-0.05, 0) is 61.0 Å². The quantitative estimate of drug-likeness (QED) is 0.331. The molecule has 1 amide bonds. The van der Waals surface area contributed by atoms with E-state index in [1.165, 1.54) is 0 Å². The summed E-state index contributed by atoms with van der Waals surface area (Å²) in [5.41, 5.74) is 6.25. The van der Waals surface area contributed by atoms with E-state index in [0.29, 0.717) is 17.9 Å². The number of aromatic nitrogens is 1. The number of pyridine rings is 1. The summed E-state index contributed by atoms with van der Waals surface area (Å²) in [6.07, 6.45) is 1.60. The molecule has 0 saturated carbocycles. The summed E-state index contributed by atoms with van der Waals surface area (Å²) >= 11 is 0. The second-order valence-corrected chi connectivity index (χ2v) is 7.01. The number of nitrogens with zero attached hydrogens (tertiary/aromatic N) is 2. The van der Waals surface area contributed by atoms with Crippen LogP contribution in [-0.4, -0.2) is 30.8 Å². The van der Waals surface area contributed by atoms with Gasteiger partial charge in [0.25, 0.3) is 5.91 Å². The minimum absolute atomic E-state index is 0.310. The molecule has 1 N–H and O–H groups in total. The Kier molecular flexibility index (Phi) is 6.41. The smallest absolute Gasteiger partial charge is 0.272 e. The van der Waals surface area contributed by atoms with Crippen LogP contribution in [0.5, 0.6) is 11.5 Å². The zero-order valence-electron chi connectivity index (χ0n) is 17.9. The Morgan fingerprint density at radius 2 is 1.81 bits per heavy atom. The maximum absolute atomic E-state index is 13.0. The first-order chi connectivity index (χ1) is 15.7. The van der Waals surface area contributed by atoms with Crippen LogP contribution in [0.25, 0.3) is 22.2 Å². The fourth-order valence-electron chi connectivity index (χ4n) is 3.34. The van der Waals surface area contributed by atoms with Crippen LogP contribution in [0.3, 0.4) is 0 Å². The Balaban J connectivity index is 1.61. The van der Waals surface area contributed by atoms with Gasteiger partial charge in [-0.3, -0.25) is 4.79 Å². The SMILES string of the molecule is CCOc1ccc(/C=N/NC(=O)c2cc(-c3cccc(OC)c3)nc3ccccc23)cc1. The lowest BCUT2D eigenvalue weighted by atomic mass is 10.0. The van der Waals surface area contributed by atoms with Crippen LogP contribution in [-0.2, 0) is 0 Å². The lowest BCUT2D eigenvalue weighted by molar-refractivity contribution is 0.0956. The number of carbonyl (C=O) groups excluding carboxylic acids is 1. The molecule has 3 aromatic carbocycles. The van der Waals surface area contributed by atoms with Crippen LogP contribution in [0.2, 0.25) is 0 Å². The number of benzene rings is 3. The molecule has 160 valence electrons. The molecule has 0 unspecified atom stereocenters. The molecular weight excluding hydrogens is 402 g/mol. The number of fused-ring (bicyclic) bond motifs is 1. The molecule has 0 aliphatic carbocycles. The molecule has 0 atom stereocenters. The molecule has 0 bridgehead atoms. The third-order valence-electron chi connectivity index (χ3n) is 4.90. The van der Waals surface area contributed by atoms with Gasteiger partial charge in [0.15, 0.2) is 0 Å². The van der Waals surface area contributed by atoms with Gasteiger partial charge in [0.1, 0.15) is 11.5 Å².